The largest absolute Gasteiger partial charge is 0.478 e. The van der Waals surface area contributed by atoms with Crippen LogP contribution < -0.4 is 5.32 Å². The Balaban J connectivity index is 1.98. The van der Waals surface area contributed by atoms with Gasteiger partial charge in [0, 0.05) is 12.2 Å². The molecular weight excluding hydrogens is 214 g/mol. The van der Waals surface area contributed by atoms with E-state index in [0.717, 1.165) is 23.7 Å². The SMILES string of the molecule is Cc1cc(NCC2CC2(C)C)ccc1C(=O)O. The van der Waals surface area contributed by atoms with Crippen LogP contribution in [-0.2, 0) is 0 Å². The molecule has 92 valence electrons. The van der Waals surface area contributed by atoms with Gasteiger partial charge in [-0.2, -0.15) is 0 Å². The fourth-order valence-corrected chi connectivity index (χ4v) is 2.18. The molecule has 1 saturated carbocycles. The number of hydrogen-bond acceptors (Lipinski definition) is 2. The molecule has 1 aliphatic rings. The lowest BCUT2D eigenvalue weighted by atomic mass is 10.1. The van der Waals surface area contributed by atoms with Gasteiger partial charge in [0.05, 0.1) is 5.56 Å². The lowest BCUT2D eigenvalue weighted by Crippen LogP contribution is -2.08. The highest BCUT2D eigenvalue weighted by Gasteiger charge is 2.44. The van der Waals surface area contributed by atoms with Gasteiger partial charge in [-0.05, 0) is 48.4 Å². The van der Waals surface area contributed by atoms with E-state index in [9.17, 15) is 4.79 Å². The second-order valence-corrected chi connectivity index (χ2v) is 5.61. The number of rotatable bonds is 4. The smallest absolute Gasteiger partial charge is 0.335 e. The number of hydrogen-bond donors (Lipinski definition) is 2. The molecule has 0 saturated heterocycles. The second kappa shape index (κ2) is 4.06. The third-order valence-electron chi connectivity index (χ3n) is 3.73. The minimum Gasteiger partial charge on any atom is -0.478 e. The molecule has 1 fully saturated rings. The van der Waals surface area contributed by atoms with Gasteiger partial charge in [0.15, 0.2) is 0 Å². The molecule has 3 heteroatoms. The van der Waals surface area contributed by atoms with Gasteiger partial charge < -0.3 is 10.4 Å². The van der Waals surface area contributed by atoms with E-state index in [1.165, 1.54) is 6.42 Å². The minimum atomic E-state index is -0.864. The van der Waals surface area contributed by atoms with Gasteiger partial charge in [0.25, 0.3) is 0 Å². The van der Waals surface area contributed by atoms with Crippen molar-refractivity contribution in [3.05, 3.63) is 29.3 Å². The quantitative estimate of drug-likeness (QED) is 0.839. The van der Waals surface area contributed by atoms with Crippen LogP contribution in [0.15, 0.2) is 18.2 Å². The lowest BCUT2D eigenvalue weighted by molar-refractivity contribution is 0.0696. The summed E-state index contributed by atoms with van der Waals surface area (Å²) >= 11 is 0. The van der Waals surface area contributed by atoms with E-state index < -0.39 is 5.97 Å². The first-order chi connectivity index (χ1) is 7.90. The van der Waals surface area contributed by atoms with Crippen molar-refractivity contribution in [2.75, 3.05) is 11.9 Å². The zero-order valence-corrected chi connectivity index (χ0v) is 10.6. The van der Waals surface area contributed by atoms with Crippen LogP contribution in [0.3, 0.4) is 0 Å². The van der Waals surface area contributed by atoms with Crippen LogP contribution in [0.2, 0.25) is 0 Å². The van der Waals surface area contributed by atoms with Crippen molar-refractivity contribution in [1.29, 1.82) is 0 Å². The summed E-state index contributed by atoms with van der Waals surface area (Å²) in [6.07, 6.45) is 1.27. The van der Waals surface area contributed by atoms with Gasteiger partial charge in [-0.1, -0.05) is 13.8 Å². The van der Waals surface area contributed by atoms with Gasteiger partial charge in [-0.15, -0.1) is 0 Å². The molecule has 2 N–H and O–H groups in total. The summed E-state index contributed by atoms with van der Waals surface area (Å²) < 4.78 is 0. The summed E-state index contributed by atoms with van der Waals surface area (Å²) in [5.74, 6) is -0.126. The number of carboxylic acids is 1. The van der Waals surface area contributed by atoms with Crippen LogP contribution in [0.25, 0.3) is 0 Å². The van der Waals surface area contributed by atoms with Crippen molar-refractivity contribution in [2.45, 2.75) is 27.2 Å². The van der Waals surface area contributed by atoms with E-state index in [1.54, 1.807) is 6.07 Å². The average Bonchev–Trinajstić information content (AvgIpc) is 2.83. The molecular formula is C14H19NO2. The van der Waals surface area contributed by atoms with Gasteiger partial charge in [-0.3, -0.25) is 0 Å². The Bertz CT molecular complexity index is 452. The predicted molar refractivity (Wildman–Crippen MR) is 68.5 cm³/mol. The van der Waals surface area contributed by atoms with Gasteiger partial charge in [0.2, 0.25) is 0 Å². The van der Waals surface area contributed by atoms with Crippen molar-refractivity contribution in [3.63, 3.8) is 0 Å². The number of carboxylic acid groups (broad SMARTS) is 1. The number of anilines is 1. The summed E-state index contributed by atoms with van der Waals surface area (Å²) in [6, 6.07) is 5.41. The molecule has 2 rings (SSSR count). The summed E-state index contributed by atoms with van der Waals surface area (Å²) in [6.45, 7) is 7.35. The maximum atomic E-state index is 10.9. The minimum absolute atomic E-state index is 0.377. The van der Waals surface area contributed by atoms with E-state index in [0.29, 0.717) is 11.0 Å². The number of nitrogens with one attached hydrogen (secondary N) is 1. The number of benzene rings is 1. The standard InChI is InChI=1S/C14H19NO2/c1-9-6-11(4-5-12(9)13(16)17)15-8-10-7-14(10,2)3/h4-6,10,15H,7-8H2,1-3H3,(H,16,17). The second-order valence-electron chi connectivity index (χ2n) is 5.61. The number of aryl methyl sites for hydroxylation is 1. The summed E-state index contributed by atoms with van der Waals surface area (Å²) in [5.41, 5.74) is 2.67. The molecule has 0 aliphatic heterocycles. The van der Waals surface area contributed by atoms with E-state index >= 15 is 0 Å². The molecule has 17 heavy (non-hydrogen) atoms. The van der Waals surface area contributed by atoms with Gasteiger partial charge in [-0.25, -0.2) is 4.79 Å². The highest BCUT2D eigenvalue weighted by atomic mass is 16.4. The summed E-state index contributed by atoms with van der Waals surface area (Å²) in [7, 11) is 0. The Hall–Kier alpha value is -1.51. The van der Waals surface area contributed by atoms with Crippen LogP contribution in [-0.4, -0.2) is 17.6 Å². The van der Waals surface area contributed by atoms with Crippen molar-refractivity contribution >= 4 is 11.7 Å². The molecule has 0 heterocycles. The lowest BCUT2D eigenvalue weighted by Gasteiger charge is -2.09. The zero-order chi connectivity index (χ0) is 12.6. The fraction of sp³-hybridized carbons (Fsp3) is 0.500. The Morgan fingerprint density at radius 1 is 1.53 bits per heavy atom. The molecule has 3 nitrogen and oxygen atoms in total. The molecule has 0 amide bonds. The molecule has 1 unspecified atom stereocenters. The molecule has 1 aromatic carbocycles. The molecule has 0 bridgehead atoms. The van der Waals surface area contributed by atoms with E-state index in [-0.39, 0.29) is 0 Å². The van der Waals surface area contributed by atoms with E-state index in [4.69, 9.17) is 5.11 Å². The van der Waals surface area contributed by atoms with Crippen molar-refractivity contribution in [1.82, 2.24) is 0 Å². The van der Waals surface area contributed by atoms with Crippen LogP contribution in [0, 0.1) is 18.3 Å². The monoisotopic (exact) mass is 233 g/mol. The highest BCUT2D eigenvalue weighted by Crippen LogP contribution is 2.51. The maximum absolute atomic E-state index is 10.9. The Morgan fingerprint density at radius 2 is 2.18 bits per heavy atom. The molecule has 1 aromatic rings. The normalized spacial score (nSPS) is 21.0. The van der Waals surface area contributed by atoms with Gasteiger partial charge >= 0.3 is 5.97 Å². The first-order valence-corrected chi connectivity index (χ1v) is 5.98. The predicted octanol–water partition coefficient (Wildman–Crippen LogP) is 3.15. The van der Waals surface area contributed by atoms with Crippen LogP contribution in [0.4, 0.5) is 5.69 Å². The van der Waals surface area contributed by atoms with Crippen molar-refractivity contribution in [2.24, 2.45) is 11.3 Å². The van der Waals surface area contributed by atoms with E-state index in [1.807, 2.05) is 19.1 Å². The van der Waals surface area contributed by atoms with Gasteiger partial charge in [0.1, 0.15) is 0 Å². The van der Waals surface area contributed by atoms with Crippen molar-refractivity contribution < 1.29 is 9.90 Å². The number of aromatic carboxylic acids is 1. The Kier molecular flexibility index (Phi) is 2.86. The number of carbonyl (C=O) groups is 1. The molecule has 0 radical (unpaired) electrons. The molecule has 0 aromatic heterocycles. The van der Waals surface area contributed by atoms with Crippen LogP contribution >= 0.6 is 0 Å². The fourth-order valence-electron chi connectivity index (χ4n) is 2.18. The first-order valence-electron chi connectivity index (χ1n) is 5.98. The highest BCUT2D eigenvalue weighted by molar-refractivity contribution is 5.89. The summed E-state index contributed by atoms with van der Waals surface area (Å²) in [5, 5.41) is 12.3. The Labute approximate surface area is 102 Å². The third-order valence-corrected chi connectivity index (χ3v) is 3.73. The third kappa shape index (κ3) is 2.60. The Morgan fingerprint density at radius 3 is 2.65 bits per heavy atom. The molecule has 1 atom stereocenters. The van der Waals surface area contributed by atoms with Crippen molar-refractivity contribution in [3.8, 4) is 0 Å². The molecule has 0 spiro atoms. The summed E-state index contributed by atoms with van der Waals surface area (Å²) in [4.78, 5) is 10.9. The average molecular weight is 233 g/mol. The van der Waals surface area contributed by atoms with Crippen LogP contribution in [0.1, 0.15) is 36.2 Å². The molecule has 1 aliphatic carbocycles. The zero-order valence-electron chi connectivity index (χ0n) is 10.6. The first kappa shape index (κ1) is 12.0. The van der Waals surface area contributed by atoms with Crippen LogP contribution in [0.5, 0.6) is 0 Å². The maximum Gasteiger partial charge on any atom is 0.335 e. The van der Waals surface area contributed by atoms with E-state index in [2.05, 4.69) is 19.2 Å². The topological polar surface area (TPSA) is 49.3 Å².